The van der Waals surface area contributed by atoms with E-state index in [0.717, 1.165) is 17.8 Å². The van der Waals surface area contributed by atoms with Crippen LogP contribution in [0.3, 0.4) is 0 Å². The summed E-state index contributed by atoms with van der Waals surface area (Å²) in [4.78, 5) is 37.5. The van der Waals surface area contributed by atoms with Gasteiger partial charge in [0.1, 0.15) is 23.1 Å². The number of ketones is 1. The van der Waals surface area contributed by atoms with Gasteiger partial charge in [0.05, 0.1) is 17.0 Å². The average Bonchev–Trinajstić information content (AvgIpc) is 3.42. The second kappa shape index (κ2) is 11.2. The molecule has 0 saturated carbocycles. The lowest BCUT2D eigenvalue weighted by Crippen LogP contribution is -2.14. The first kappa shape index (κ1) is 25.2. The number of amides is 1. The van der Waals surface area contributed by atoms with Gasteiger partial charge in [-0.2, -0.15) is 0 Å². The first-order valence-electron chi connectivity index (χ1n) is 11.2. The van der Waals surface area contributed by atoms with Gasteiger partial charge in [-0.1, -0.05) is 26.0 Å². The van der Waals surface area contributed by atoms with Crippen molar-refractivity contribution in [2.45, 2.75) is 53.6 Å². The van der Waals surface area contributed by atoms with Crippen LogP contribution in [0.2, 0.25) is 0 Å². The second-order valence-corrected chi connectivity index (χ2v) is 8.94. The lowest BCUT2D eigenvalue weighted by atomic mass is 9.99. The van der Waals surface area contributed by atoms with Crippen molar-refractivity contribution >= 4 is 34.0 Å². The summed E-state index contributed by atoms with van der Waals surface area (Å²) in [5.41, 5.74) is 1.92. The fraction of sp³-hybridized carbons (Fsp3) is 0.346. The maximum atomic E-state index is 12.8. The van der Waals surface area contributed by atoms with E-state index in [1.165, 1.54) is 18.6 Å². The van der Waals surface area contributed by atoms with Crippen molar-refractivity contribution in [3.05, 3.63) is 69.5 Å². The number of benzene rings is 1. The Bertz CT molecular complexity index is 1170. The van der Waals surface area contributed by atoms with Crippen LogP contribution in [0.1, 0.15) is 87.5 Å². The van der Waals surface area contributed by atoms with Crippen LogP contribution in [0.25, 0.3) is 0 Å². The number of hydrogen-bond donors (Lipinski definition) is 1. The van der Waals surface area contributed by atoms with Crippen LogP contribution in [0.15, 0.2) is 40.8 Å². The minimum absolute atomic E-state index is 0.0657. The normalized spacial score (nSPS) is 11.7. The van der Waals surface area contributed by atoms with Gasteiger partial charge in [0.2, 0.25) is 0 Å². The number of furan rings is 1. The van der Waals surface area contributed by atoms with E-state index in [9.17, 15) is 14.4 Å². The van der Waals surface area contributed by atoms with Gasteiger partial charge in [0, 0.05) is 0 Å². The molecule has 0 spiro atoms. The Labute approximate surface area is 203 Å². The number of esters is 1. The zero-order chi connectivity index (χ0) is 24.8. The number of carbonyl (C=O) groups excluding carboxylic acids is 3. The average molecular weight is 484 g/mol. The topological polar surface area (TPSA) is 94.8 Å². The van der Waals surface area contributed by atoms with E-state index >= 15 is 0 Å². The highest BCUT2D eigenvalue weighted by Gasteiger charge is 2.26. The molecule has 7 nitrogen and oxygen atoms in total. The molecule has 1 amide bonds. The molecule has 1 unspecified atom stereocenters. The van der Waals surface area contributed by atoms with Crippen LogP contribution in [-0.2, 0) is 11.3 Å². The number of nitrogens with one attached hydrogen (secondary N) is 1. The van der Waals surface area contributed by atoms with Crippen LogP contribution in [-0.4, -0.2) is 24.3 Å². The molecule has 8 heteroatoms. The maximum absolute atomic E-state index is 12.8. The summed E-state index contributed by atoms with van der Waals surface area (Å²) in [6.07, 6.45) is 1.07. The molecule has 0 radical (unpaired) electrons. The quantitative estimate of drug-likeness (QED) is 0.266. The van der Waals surface area contributed by atoms with Gasteiger partial charge in [-0.15, -0.1) is 11.3 Å². The molecule has 0 aliphatic carbocycles. The zero-order valence-electron chi connectivity index (χ0n) is 20.0. The monoisotopic (exact) mass is 483 g/mol. The van der Waals surface area contributed by atoms with E-state index in [-0.39, 0.29) is 35.3 Å². The fourth-order valence-electron chi connectivity index (χ4n) is 3.41. The van der Waals surface area contributed by atoms with Crippen LogP contribution in [0.5, 0.6) is 5.75 Å². The van der Waals surface area contributed by atoms with Crippen LogP contribution < -0.4 is 10.1 Å². The summed E-state index contributed by atoms with van der Waals surface area (Å²) >= 11 is 1.04. The lowest BCUT2D eigenvalue weighted by Gasteiger charge is -2.10. The molecule has 34 heavy (non-hydrogen) atoms. The van der Waals surface area contributed by atoms with Gasteiger partial charge in [-0.25, -0.2) is 4.79 Å². The SMILES string of the molecule is CCOC(=O)c1c(NC(=O)c2ccc(COc3ccc(C(C)CC)cc3)o2)sc(C(C)=O)c1C. The molecular formula is C26H29NO6S. The van der Waals surface area contributed by atoms with Crippen molar-refractivity contribution in [1.82, 2.24) is 0 Å². The second-order valence-electron chi connectivity index (χ2n) is 7.92. The highest BCUT2D eigenvalue weighted by Crippen LogP contribution is 2.34. The van der Waals surface area contributed by atoms with Crippen molar-refractivity contribution in [2.75, 3.05) is 11.9 Å². The van der Waals surface area contributed by atoms with Crippen molar-refractivity contribution in [3.8, 4) is 5.75 Å². The van der Waals surface area contributed by atoms with Gasteiger partial charge >= 0.3 is 5.97 Å². The number of rotatable bonds is 10. The molecule has 0 saturated heterocycles. The lowest BCUT2D eigenvalue weighted by molar-refractivity contribution is 0.0527. The molecular weight excluding hydrogens is 454 g/mol. The number of hydrogen-bond acceptors (Lipinski definition) is 7. The largest absolute Gasteiger partial charge is 0.486 e. The summed E-state index contributed by atoms with van der Waals surface area (Å²) < 4.78 is 16.5. The first-order valence-corrected chi connectivity index (χ1v) is 12.0. The van der Waals surface area contributed by atoms with E-state index in [1.807, 2.05) is 24.3 Å². The highest BCUT2D eigenvalue weighted by molar-refractivity contribution is 7.18. The third kappa shape index (κ3) is 5.75. The summed E-state index contributed by atoms with van der Waals surface area (Å²) in [6, 6.07) is 11.1. The standard InChI is InChI=1S/C26H29NO6S/c1-6-15(3)18-8-10-19(11-9-18)32-14-20-12-13-21(33-20)24(29)27-25-22(26(30)31-7-2)16(4)23(34-25)17(5)28/h8-13,15H,6-7,14H2,1-5H3,(H,27,29). The Hall–Kier alpha value is -3.39. The van der Waals surface area contributed by atoms with Gasteiger partial charge in [0.15, 0.2) is 11.5 Å². The zero-order valence-corrected chi connectivity index (χ0v) is 20.8. The summed E-state index contributed by atoms with van der Waals surface area (Å²) in [7, 11) is 0. The molecule has 0 aliphatic rings. The fourth-order valence-corrected chi connectivity index (χ4v) is 4.50. The van der Waals surface area contributed by atoms with Crippen LogP contribution >= 0.6 is 11.3 Å². The smallest absolute Gasteiger partial charge is 0.341 e. The number of thiophene rings is 1. The van der Waals surface area contributed by atoms with Gasteiger partial charge in [-0.05, 0) is 68.5 Å². The van der Waals surface area contributed by atoms with Crippen molar-refractivity contribution in [1.29, 1.82) is 0 Å². The minimum atomic E-state index is -0.591. The summed E-state index contributed by atoms with van der Waals surface area (Å²) in [6.45, 7) is 9.44. The molecule has 2 heterocycles. The van der Waals surface area contributed by atoms with Crippen molar-refractivity contribution in [2.24, 2.45) is 0 Å². The Balaban J connectivity index is 1.69. The summed E-state index contributed by atoms with van der Waals surface area (Å²) in [5, 5.41) is 2.94. The maximum Gasteiger partial charge on any atom is 0.341 e. The third-order valence-electron chi connectivity index (χ3n) is 5.50. The molecule has 1 atom stereocenters. The molecule has 1 N–H and O–H groups in total. The van der Waals surface area contributed by atoms with Crippen molar-refractivity contribution < 1.29 is 28.3 Å². The highest BCUT2D eigenvalue weighted by atomic mass is 32.1. The molecule has 0 fully saturated rings. The van der Waals surface area contributed by atoms with E-state index in [1.54, 1.807) is 19.9 Å². The van der Waals surface area contributed by atoms with Gasteiger partial charge in [0.25, 0.3) is 5.91 Å². The molecule has 1 aromatic carbocycles. The first-order chi connectivity index (χ1) is 16.2. The van der Waals surface area contributed by atoms with Crippen molar-refractivity contribution in [3.63, 3.8) is 0 Å². The predicted octanol–water partition coefficient (Wildman–Crippen LogP) is 6.37. The predicted molar refractivity (Wildman–Crippen MR) is 131 cm³/mol. The molecule has 180 valence electrons. The molecule has 0 aliphatic heterocycles. The molecule has 3 aromatic rings. The third-order valence-corrected chi connectivity index (χ3v) is 6.81. The van der Waals surface area contributed by atoms with E-state index in [4.69, 9.17) is 13.9 Å². The van der Waals surface area contributed by atoms with E-state index in [2.05, 4.69) is 19.2 Å². The Morgan fingerprint density at radius 3 is 2.41 bits per heavy atom. The van der Waals surface area contributed by atoms with Gasteiger partial charge < -0.3 is 19.2 Å². The molecule has 2 aromatic heterocycles. The van der Waals surface area contributed by atoms with E-state index < -0.39 is 11.9 Å². The number of ether oxygens (including phenoxy) is 2. The number of anilines is 1. The molecule has 0 bridgehead atoms. The van der Waals surface area contributed by atoms with Crippen LogP contribution in [0.4, 0.5) is 5.00 Å². The van der Waals surface area contributed by atoms with Gasteiger partial charge in [-0.3, -0.25) is 9.59 Å². The number of carbonyl (C=O) groups is 3. The Kier molecular flexibility index (Phi) is 8.28. The van der Waals surface area contributed by atoms with Crippen LogP contribution in [0, 0.1) is 6.92 Å². The molecule has 3 rings (SSSR count). The Morgan fingerprint density at radius 2 is 1.79 bits per heavy atom. The van der Waals surface area contributed by atoms with E-state index in [0.29, 0.717) is 27.9 Å². The number of Topliss-reactive ketones (excluding diaryl/α,β-unsaturated/α-hetero) is 1. The Morgan fingerprint density at radius 1 is 1.09 bits per heavy atom. The minimum Gasteiger partial charge on any atom is -0.486 e. The summed E-state index contributed by atoms with van der Waals surface area (Å²) in [5.74, 6) is 0.424.